The third-order valence-corrected chi connectivity index (χ3v) is 6.14. The number of hydrogen-bond donors (Lipinski definition) is 1. The molecule has 1 saturated carbocycles. The predicted octanol–water partition coefficient (Wildman–Crippen LogP) is 4.34. The molecule has 1 fully saturated rings. The van der Waals surface area contributed by atoms with Gasteiger partial charge in [-0.05, 0) is 38.0 Å². The quantitative estimate of drug-likeness (QED) is 0.441. The van der Waals surface area contributed by atoms with Crippen molar-refractivity contribution in [3.8, 4) is 0 Å². The molecule has 1 aromatic carbocycles. The lowest BCUT2D eigenvalue weighted by molar-refractivity contribution is -0.120. The average Bonchev–Trinajstić information content (AvgIpc) is 2.66. The van der Waals surface area contributed by atoms with E-state index < -0.39 is 0 Å². The fraction of sp³-hybridized carbons (Fsp3) is 0.450. The molecule has 0 saturated heterocycles. The SMILES string of the molecule is C=CCNC(=O)[C@@H](C)Sc1nc2cc(Cl)ccc2c(=O)n1C1CCCCC1. The van der Waals surface area contributed by atoms with Crippen molar-refractivity contribution in [2.24, 2.45) is 0 Å². The summed E-state index contributed by atoms with van der Waals surface area (Å²) < 4.78 is 1.80. The fourth-order valence-corrected chi connectivity index (χ4v) is 4.59. The summed E-state index contributed by atoms with van der Waals surface area (Å²) in [6, 6.07) is 5.29. The maximum absolute atomic E-state index is 13.2. The maximum atomic E-state index is 13.2. The van der Waals surface area contributed by atoms with E-state index in [4.69, 9.17) is 16.6 Å². The van der Waals surface area contributed by atoms with E-state index in [1.165, 1.54) is 18.2 Å². The summed E-state index contributed by atoms with van der Waals surface area (Å²) in [5.74, 6) is -0.101. The molecule has 27 heavy (non-hydrogen) atoms. The molecule has 1 heterocycles. The number of rotatable bonds is 6. The minimum Gasteiger partial charge on any atom is -0.352 e. The highest BCUT2D eigenvalue weighted by atomic mass is 35.5. The van der Waals surface area contributed by atoms with Gasteiger partial charge in [0.05, 0.1) is 16.2 Å². The molecule has 0 unspecified atom stereocenters. The zero-order valence-corrected chi connectivity index (χ0v) is 17.0. The number of thioether (sulfide) groups is 1. The van der Waals surface area contributed by atoms with Gasteiger partial charge in [0.1, 0.15) is 0 Å². The second-order valence-corrected chi connectivity index (χ2v) is 8.56. The van der Waals surface area contributed by atoms with Crippen molar-refractivity contribution in [1.29, 1.82) is 0 Å². The number of halogens is 1. The highest BCUT2D eigenvalue weighted by Gasteiger charge is 2.24. The Labute approximate surface area is 168 Å². The van der Waals surface area contributed by atoms with Crippen LogP contribution in [0.1, 0.15) is 45.1 Å². The van der Waals surface area contributed by atoms with Gasteiger partial charge >= 0.3 is 0 Å². The maximum Gasteiger partial charge on any atom is 0.262 e. The van der Waals surface area contributed by atoms with Crippen LogP contribution in [-0.4, -0.2) is 27.3 Å². The monoisotopic (exact) mass is 405 g/mol. The molecule has 7 heteroatoms. The van der Waals surface area contributed by atoms with E-state index in [9.17, 15) is 9.59 Å². The number of amides is 1. The van der Waals surface area contributed by atoms with Crippen LogP contribution < -0.4 is 10.9 Å². The molecule has 0 bridgehead atoms. The predicted molar refractivity (Wildman–Crippen MR) is 112 cm³/mol. The van der Waals surface area contributed by atoms with E-state index in [2.05, 4.69) is 11.9 Å². The van der Waals surface area contributed by atoms with Gasteiger partial charge in [0.2, 0.25) is 5.91 Å². The Kier molecular flexibility index (Phi) is 6.60. The van der Waals surface area contributed by atoms with Gasteiger partial charge in [0.15, 0.2) is 5.16 Å². The van der Waals surface area contributed by atoms with Crippen LogP contribution in [0.2, 0.25) is 5.02 Å². The molecule has 2 aromatic rings. The van der Waals surface area contributed by atoms with Gasteiger partial charge in [0.25, 0.3) is 5.56 Å². The number of aromatic nitrogens is 2. The van der Waals surface area contributed by atoms with Crippen molar-refractivity contribution in [3.63, 3.8) is 0 Å². The summed E-state index contributed by atoms with van der Waals surface area (Å²) in [7, 11) is 0. The molecule has 1 atom stereocenters. The highest BCUT2D eigenvalue weighted by Crippen LogP contribution is 2.32. The number of carbonyl (C=O) groups excluding carboxylic acids is 1. The van der Waals surface area contributed by atoms with Crippen LogP contribution in [0.15, 0.2) is 40.8 Å². The zero-order valence-electron chi connectivity index (χ0n) is 15.4. The lowest BCUT2D eigenvalue weighted by atomic mass is 9.95. The Hall–Kier alpha value is -1.79. The number of nitrogens with one attached hydrogen (secondary N) is 1. The lowest BCUT2D eigenvalue weighted by Gasteiger charge is -2.26. The molecule has 144 valence electrons. The fourth-order valence-electron chi connectivity index (χ4n) is 3.42. The molecule has 1 aromatic heterocycles. The van der Waals surface area contributed by atoms with Crippen LogP contribution >= 0.6 is 23.4 Å². The largest absolute Gasteiger partial charge is 0.352 e. The number of nitrogens with zero attached hydrogens (tertiary/aromatic N) is 2. The van der Waals surface area contributed by atoms with Gasteiger partial charge < -0.3 is 5.32 Å². The molecule has 5 nitrogen and oxygen atoms in total. The van der Waals surface area contributed by atoms with Crippen molar-refractivity contribution in [2.45, 2.75) is 55.5 Å². The van der Waals surface area contributed by atoms with Crippen molar-refractivity contribution >= 4 is 40.2 Å². The number of carbonyl (C=O) groups is 1. The number of benzene rings is 1. The van der Waals surface area contributed by atoms with Crippen molar-refractivity contribution < 1.29 is 4.79 Å². The number of fused-ring (bicyclic) bond motifs is 1. The third-order valence-electron chi connectivity index (χ3n) is 4.84. The van der Waals surface area contributed by atoms with Gasteiger partial charge in [-0.15, -0.1) is 6.58 Å². The molecule has 1 N–H and O–H groups in total. The standard InChI is InChI=1S/C20H24ClN3O2S/c1-3-11-22-18(25)13(2)27-20-23-17-12-14(21)9-10-16(17)19(26)24(20)15-7-5-4-6-8-15/h3,9-10,12-13,15H,1,4-8,11H2,2H3,(H,22,25)/t13-/m1/s1. The molecule has 0 spiro atoms. The van der Waals surface area contributed by atoms with Gasteiger partial charge in [-0.1, -0.05) is 48.7 Å². The molecule has 1 amide bonds. The summed E-state index contributed by atoms with van der Waals surface area (Å²) >= 11 is 7.42. The van der Waals surface area contributed by atoms with Crippen LogP contribution in [0.5, 0.6) is 0 Å². The van der Waals surface area contributed by atoms with Gasteiger partial charge in [-0.3, -0.25) is 14.2 Å². The summed E-state index contributed by atoms with van der Waals surface area (Å²) in [6.45, 7) is 5.85. The zero-order chi connectivity index (χ0) is 19.4. The number of hydrogen-bond acceptors (Lipinski definition) is 4. The van der Waals surface area contributed by atoms with Crippen LogP contribution in [-0.2, 0) is 4.79 Å². The summed E-state index contributed by atoms with van der Waals surface area (Å²) in [5.41, 5.74) is 0.519. The van der Waals surface area contributed by atoms with Crippen molar-refractivity contribution in [3.05, 3.63) is 46.2 Å². The Morgan fingerprint density at radius 1 is 1.44 bits per heavy atom. The smallest absolute Gasteiger partial charge is 0.262 e. The first-order valence-electron chi connectivity index (χ1n) is 9.28. The topological polar surface area (TPSA) is 64.0 Å². The second-order valence-electron chi connectivity index (χ2n) is 6.82. The van der Waals surface area contributed by atoms with Crippen LogP contribution in [0.3, 0.4) is 0 Å². The van der Waals surface area contributed by atoms with E-state index in [1.54, 1.807) is 28.8 Å². The molecule has 0 radical (unpaired) electrons. The van der Waals surface area contributed by atoms with Crippen LogP contribution in [0, 0.1) is 0 Å². The minimum atomic E-state index is -0.372. The molecule has 1 aliphatic rings. The molecular weight excluding hydrogens is 382 g/mol. The normalized spacial score (nSPS) is 16.2. The molecule has 0 aliphatic heterocycles. The average molecular weight is 406 g/mol. The Balaban J connectivity index is 2.03. The van der Waals surface area contributed by atoms with Gasteiger partial charge in [-0.25, -0.2) is 4.98 Å². The van der Waals surface area contributed by atoms with E-state index in [0.717, 1.165) is 25.7 Å². The summed E-state index contributed by atoms with van der Waals surface area (Å²) in [4.78, 5) is 30.2. The molecular formula is C20H24ClN3O2S. The van der Waals surface area contributed by atoms with Crippen molar-refractivity contribution in [2.75, 3.05) is 6.54 Å². The molecule has 3 rings (SSSR count). The first kappa shape index (κ1) is 20.0. The van der Waals surface area contributed by atoms with Crippen molar-refractivity contribution in [1.82, 2.24) is 14.9 Å². The van der Waals surface area contributed by atoms with Gasteiger partial charge in [-0.2, -0.15) is 0 Å². The van der Waals surface area contributed by atoms with E-state index in [0.29, 0.717) is 27.6 Å². The van der Waals surface area contributed by atoms with Crippen LogP contribution in [0.25, 0.3) is 10.9 Å². The van der Waals surface area contributed by atoms with E-state index in [-0.39, 0.29) is 22.8 Å². The minimum absolute atomic E-state index is 0.0511. The Bertz CT molecular complexity index is 906. The van der Waals surface area contributed by atoms with Crippen LogP contribution in [0.4, 0.5) is 0 Å². The Morgan fingerprint density at radius 2 is 2.19 bits per heavy atom. The van der Waals surface area contributed by atoms with Gasteiger partial charge in [0, 0.05) is 17.6 Å². The highest BCUT2D eigenvalue weighted by molar-refractivity contribution is 8.00. The first-order valence-corrected chi connectivity index (χ1v) is 10.5. The Morgan fingerprint density at radius 3 is 2.89 bits per heavy atom. The first-order chi connectivity index (χ1) is 13.0. The van der Waals surface area contributed by atoms with E-state index in [1.807, 2.05) is 6.92 Å². The third kappa shape index (κ3) is 4.55. The molecule has 1 aliphatic carbocycles. The lowest BCUT2D eigenvalue weighted by Crippen LogP contribution is -2.33. The summed E-state index contributed by atoms with van der Waals surface area (Å²) in [6.07, 6.45) is 6.98. The summed E-state index contributed by atoms with van der Waals surface area (Å²) in [5, 5.41) is 4.12. The van der Waals surface area contributed by atoms with E-state index >= 15 is 0 Å². The second kappa shape index (κ2) is 8.93.